The van der Waals surface area contributed by atoms with Gasteiger partial charge in [-0.2, -0.15) is 0 Å². The van der Waals surface area contributed by atoms with Crippen LogP contribution in [0.4, 0.5) is 5.69 Å². The monoisotopic (exact) mass is 372 g/mol. The normalized spacial score (nSPS) is 12.6. The summed E-state index contributed by atoms with van der Waals surface area (Å²) in [6.45, 7) is 4.06. The fourth-order valence-electron chi connectivity index (χ4n) is 2.00. The van der Waals surface area contributed by atoms with Gasteiger partial charge in [-0.25, -0.2) is 13.1 Å². The van der Waals surface area contributed by atoms with Crippen LogP contribution in [0.1, 0.15) is 13.8 Å². The van der Waals surface area contributed by atoms with Gasteiger partial charge in [-0.3, -0.25) is 9.97 Å². The number of halogens is 1. The number of fused-ring (bicyclic) bond motifs is 1. The minimum Gasteiger partial charge on any atom is -0.381 e. The van der Waals surface area contributed by atoms with Crippen LogP contribution in [0.5, 0.6) is 0 Å². The minimum atomic E-state index is -3.26. The number of hydrogen-bond donors (Lipinski definition) is 2. The molecule has 0 aliphatic heterocycles. The van der Waals surface area contributed by atoms with Gasteiger partial charge in [-0.1, -0.05) is 0 Å². The van der Waals surface area contributed by atoms with Crippen molar-refractivity contribution in [1.82, 2.24) is 14.7 Å². The molecule has 0 bridgehead atoms. The van der Waals surface area contributed by atoms with Crippen LogP contribution in [-0.2, 0) is 10.0 Å². The van der Waals surface area contributed by atoms with Crippen molar-refractivity contribution in [3.05, 3.63) is 29.0 Å². The van der Waals surface area contributed by atoms with Crippen molar-refractivity contribution in [2.45, 2.75) is 19.4 Å². The number of pyridine rings is 2. The van der Waals surface area contributed by atoms with E-state index in [1.54, 1.807) is 12.4 Å². The third kappa shape index (κ3) is 4.62. The van der Waals surface area contributed by atoms with Gasteiger partial charge in [0, 0.05) is 29.0 Å². The van der Waals surface area contributed by atoms with Gasteiger partial charge in [-0.05, 0) is 41.9 Å². The average molecular weight is 373 g/mol. The summed E-state index contributed by atoms with van der Waals surface area (Å²) in [5, 5.41) is 3.23. The number of rotatable bonds is 5. The van der Waals surface area contributed by atoms with Gasteiger partial charge in [-0.15, -0.1) is 0 Å². The predicted octanol–water partition coefficient (Wildman–Crippen LogP) is 2.13. The molecular formula is C13H17BrN4O2S. The van der Waals surface area contributed by atoms with Gasteiger partial charge in [0.2, 0.25) is 10.0 Å². The first kappa shape index (κ1) is 16.1. The molecule has 0 radical (unpaired) electrons. The molecule has 2 rings (SSSR count). The molecule has 0 atom stereocenters. The number of sulfonamides is 1. The molecule has 2 aromatic rings. The predicted molar refractivity (Wildman–Crippen MR) is 87.8 cm³/mol. The van der Waals surface area contributed by atoms with E-state index in [9.17, 15) is 8.42 Å². The minimum absolute atomic E-state index is 0.428. The fourth-order valence-corrected chi connectivity index (χ4v) is 3.40. The highest BCUT2D eigenvalue weighted by molar-refractivity contribution is 9.10. The first-order valence-corrected chi connectivity index (χ1v) is 8.98. The first-order chi connectivity index (χ1) is 9.66. The Balaban J connectivity index is 2.21. The molecule has 0 saturated heterocycles. The van der Waals surface area contributed by atoms with E-state index in [1.165, 1.54) is 0 Å². The average Bonchev–Trinajstić information content (AvgIpc) is 2.33. The van der Waals surface area contributed by atoms with Crippen molar-refractivity contribution >= 4 is 42.7 Å². The number of anilines is 1. The molecule has 0 amide bonds. The maximum absolute atomic E-state index is 11.3. The molecule has 0 spiro atoms. The van der Waals surface area contributed by atoms with E-state index in [2.05, 4.69) is 35.9 Å². The number of aromatic nitrogens is 2. The molecule has 2 heterocycles. The molecule has 0 unspecified atom stereocenters. The molecule has 8 heteroatoms. The van der Waals surface area contributed by atoms with Crippen LogP contribution >= 0.6 is 15.9 Å². The molecule has 0 aromatic carbocycles. The fraction of sp³-hybridized carbons (Fsp3) is 0.385. The third-order valence-corrected chi connectivity index (χ3v) is 4.08. The van der Waals surface area contributed by atoms with Crippen molar-refractivity contribution < 1.29 is 8.42 Å². The summed E-state index contributed by atoms with van der Waals surface area (Å²) in [7, 11) is -3.26. The van der Waals surface area contributed by atoms with Gasteiger partial charge in [0.15, 0.2) is 0 Å². The van der Waals surface area contributed by atoms with Crippen LogP contribution in [0.15, 0.2) is 29.0 Å². The lowest BCUT2D eigenvalue weighted by Gasteiger charge is -2.26. The summed E-state index contributed by atoms with van der Waals surface area (Å²) in [6, 6.07) is 3.70. The van der Waals surface area contributed by atoms with Crippen LogP contribution < -0.4 is 10.0 Å². The van der Waals surface area contributed by atoms with Crippen molar-refractivity contribution in [3.63, 3.8) is 0 Å². The van der Waals surface area contributed by atoms with Gasteiger partial charge >= 0.3 is 0 Å². The van der Waals surface area contributed by atoms with E-state index in [1.807, 2.05) is 26.0 Å². The standard InChI is InChI=1S/C13H17BrN4O2S/c1-13(2,18-21(3,19)20)8-17-10-4-5-15-11-6-9(14)7-16-12(10)11/h4-7,18H,8H2,1-3H3,(H,15,17). The van der Waals surface area contributed by atoms with Gasteiger partial charge in [0.25, 0.3) is 0 Å². The second-order valence-corrected chi connectivity index (χ2v) is 8.16. The Kier molecular flexibility index (Phi) is 4.50. The van der Waals surface area contributed by atoms with Crippen molar-refractivity contribution in [2.24, 2.45) is 0 Å². The second-order valence-electron chi connectivity index (χ2n) is 5.49. The molecule has 0 fully saturated rings. The summed E-state index contributed by atoms with van der Waals surface area (Å²) in [5.74, 6) is 0. The Hall–Kier alpha value is -1.25. The number of hydrogen-bond acceptors (Lipinski definition) is 5. The lowest BCUT2D eigenvalue weighted by atomic mass is 10.1. The molecule has 2 N–H and O–H groups in total. The zero-order valence-corrected chi connectivity index (χ0v) is 14.4. The highest BCUT2D eigenvalue weighted by atomic mass is 79.9. The highest BCUT2D eigenvalue weighted by Crippen LogP contribution is 2.22. The van der Waals surface area contributed by atoms with Crippen molar-refractivity contribution in [2.75, 3.05) is 18.1 Å². The smallest absolute Gasteiger partial charge is 0.209 e. The summed E-state index contributed by atoms with van der Waals surface area (Å²) >= 11 is 3.36. The molecule has 2 aromatic heterocycles. The number of nitrogens with one attached hydrogen (secondary N) is 2. The maximum Gasteiger partial charge on any atom is 0.209 e. The Morgan fingerprint density at radius 2 is 2.05 bits per heavy atom. The zero-order chi connectivity index (χ0) is 15.7. The first-order valence-electron chi connectivity index (χ1n) is 6.29. The quantitative estimate of drug-likeness (QED) is 0.839. The van der Waals surface area contributed by atoms with Crippen LogP contribution in [-0.4, -0.2) is 36.7 Å². The van der Waals surface area contributed by atoms with E-state index in [4.69, 9.17) is 0 Å². The van der Waals surface area contributed by atoms with E-state index >= 15 is 0 Å². The van der Waals surface area contributed by atoms with E-state index in [0.29, 0.717) is 6.54 Å². The van der Waals surface area contributed by atoms with Crippen molar-refractivity contribution in [3.8, 4) is 0 Å². The highest BCUT2D eigenvalue weighted by Gasteiger charge is 2.22. The lowest BCUT2D eigenvalue weighted by Crippen LogP contribution is -2.47. The van der Waals surface area contributed by atoms with Crippen LogP contribution in [0.3, 0.4) is 0 Å². The summed E-state index contributed by atoms with van der Waals surface area (Å²) in [5.41, 5.74) is 1.72. The Morgan fingerprint density at radius 3 is 2.71 bits per heavy atom. The molecule has 114 valence electrons. The zero-order valence-electron chi connectivity index (χ0n) is 12.0. The largest absolute Gasteiger partial charge is 0.381 e. The molecule has 0 aliphatic rings. The van der Waals surface area contributed by atoms with E-state index in [-0.39, 0.29) is 0 Å². The SMILES string of the molecule is CC(C)(CNc1ccnc2cc(Br)cnc12)NS(C)(=O)=O. The molecule has 21 heavy (non-hydrogen) atoms. The summed E-state index contributed by atoms with van der Waals surface area (Å²) in [4.78, 5) is 8.61. The Morgan fingerprint density at radius 1 is 1.33 bits per heavy atom. The molecule has 0 saturated carbocycles. The Labute approximate surface area is 132 Å². The second kappa shape index (κ2) is 5.86. The molecular weight excluding hydrogens is 356 g/mol. The van der Waals surface area contributed by atoms with Gasteiger partial charge in [0.1, 0.15) is 5.52 Å². The summed E-state index contributed by atoms with van der Waals surface area (Å²) < 4.78 is 26.1. The topological polar surface area (TPSA) is 84.0 Å². The number of nitrogens with zero attached hydrogens (tertiary/aromatic N) is 2. The van der Waals surface area contributed by atoms with Gasteiger partial charge < -0.3 is 5.32 Å². The van der Waals surface area contributed by atoms with Crippen molar-refractivity contribution in [1.29, 1.82) is 0 Å². The van der Waals surface area contributed by atoms with Crippen LogP contribution in [0.25, 0.3) is 11.0 Å². The summed E-state index contributed by atoms with van der Waals surface area (Å²) in [6.07, 6.45) is 4.54. The lowest BCUT2D eigenvalue weighted by molar-refractivity contribution is 0.476. The van der Waals surface area contributed by atoms with E-state index in [0.717, 1.165) is 27.4 Å². The van der Waals surface area contributed by atoms with E-state index < -0.39 is 15.6 Å². The van der Waals surface area contributed by atoms with Crippen LogP contribution in [0.2, 0.25) is 0 Å². The van der Waals surface area contributed by atoms with Crippen LogP contribution in [0, 0.1) is 0 Å². The third-order valence-electron chi connectivity index (χ3n) is 2.73. The molecule has 6 nitrogen and oxygen atoms in total. The molecule has 0 aliphatic carbocycles. The van der Waals surface area contributed by atoms with Gasteiger partial charge in [0.05, 0.1) is 17.5 Å². The maximum atomic E-state index is 11.3. The Bertz CT molecular complexity index is 762.